The lowest BCUT2D eigenvalue weighted by atomic mass is 10.2. The van der Waals surface area contributed by atoms with Crippen molar-refractivity contribution in [3.63, 3.8) is 0 Å². The van der Waals surface area contributed by atoms with Crippen LogP contribution >= 0.6 is 0 Å². The standard InChI is InChI=1S/C11H21NO4/c1-9(13)7-8-12(2)10(14)5-3-4-6-11(15)16/h9,13H,3-8H2,1-2H3,(H,15,16). The molecule has 5 nitrogen and oxygen atoms in total. The summed E-state index contributed by atoms with van der Waals surface area (Å²) in [6, 6.07) is 0. The van der Waals surface area contributed by atoms with Crippen LogP contribution in [0.4, 0.5) is 0 Å². The van der Waals surface area contributed by atoms with Crippen molar-refractivity contribution in [2.24, 2.45) is 0 Å². The third-order valence-electron chi connectivity index (χ3n) is 2.34. The molecule has 0 aromatic rings. The maximum absolute atomic E-state index is 11.5. The van der Waals surface area contributed by atoms with Gasteiger partial charge in [0.15, 0.2) is 0 Å². The molecule has 0 aliphatic rings. The zero-order valence-corrected chi connectivity index (χ0v) is 9.98. The fraction of sp³-hybridized carbons (Fsp3) is 0.818. The van der Waals surface area contributed by atoms with Crippen molar-refractivity contribution in [2.75, 3.05) is 13.6 Å². The number of aliphatic hydroxyl groups excluding tert-OH is 1. The van der Waals surface area contributed by atoms with Crippen LogP contribution in [0.25, 0.3) is 0 Å². The monoisotopic (exact) mass is 231 g/mol. The highest BCUT2D eigenvalue weighted by molar-refractivity contribution is 5.75. The molecule has 0 heterocycles. The first kappa shape index (κ1) is 14.9. The Morgan fingerprint density at radius 2 is 1.81 bits per heavy atom. The van der Waals surface area contributed by atoms with Crippen LogP contribution in [0.2, 0.25) is 0 Å². The number of unbranched alkanes of at least 4 members (excludes halogenated alkanes) is 1. The third-order valence-corrected chi connectivity index (χ3v) is 2.34. The van der Waals surface area contributed by atoms with Gasteiger partial charge in [0.2, 0.25) is 5.91 Å². The molecular formula is C11H21NO4. The van der Waals surface area contributed by atoms with Gasteiger partial charge in [-0.2, -0.15) is 0 Å². The first-order valence-electron chi connectivity index (χ1n) is 5.57. The number of aliphatic hydroxyl groups is 1. The van der Waals surface area contributed by atoms with Gasteiger partial charge in [-0.1, -0.05) is 0 Å². The summed E-state index contributed by atoms with van der Waals surface area (Å²) < 4.78 is 0. The number of carboxylic acid groups (broad SMARTS) is 1. The molecule has 0 bridgehead atoms. The van der Waals surface area contributed by atoms with E-state index < -0.39 is 12.1 Å². The molecule has 16 heavy (non-hydrogen) atoms. The second-order valence-electron chi connectivity index (χ2n) is 4.05. The van der Waals surface area contributed by atoms with E-state index in [2.05, 4.69) is 0 Å². The van der Waals surface area contributed by atoms with E-state index in [0.29, 0.717) is 32.2 Å². The summed E-state index contributed by atoms with van der Waals surface area (Å²) in [5.74, 6) is -0.819. The lowest BCUT2D eigenvalue weighted by Crippen LogP contribution is -2.29. The predicted molar refractivity (Wildman–Crippen MR) is 60.0 cm³/mol. The minimum atomic E-state index is -0.824. The fourth-order valence-electron chi connectivity index (χ4n) is 1.25. The Morgan fingerprint density at radius 3 is 2.31 bits per heavy atom. The van der Waals surface area contributed by atoms with Crippen molar-refractivity contribution in [2.45, 2.75) is 45.1 Å². The molecular weight excluding hydrogens is 210 g/mol. The Hall–Kier alpha value is -1.10. The van der Waals surface area contributed by atoms with Crippen LogP contribution < -0.4 is 0 Å². The van der Waals surface area contributed by atoms with Crippen LogP contribution in [0.3, 0.4) is 0 Å². The van der Waals surface area contributed by atoms with E-state index >= 15 is 0 Å². The summed E-state index contributed by atoms with van der Waals surface area (Å²) in [5.41, 5.74) is 0. The molecule has 0 aromatic carbocycles. The molecule has 5 heteroatoms. The van der Waals surface area contributed by atoms with Crippen LogP contribution in [0.5, 0.6) is 0 Å². The number of amides is 1. The van der Waals surface area contributed by atoms with Crippen LogP contribution in [0, 0.1) is 0 Å². The number of carboxylic acids is 1. The summed E-state index contributed by atoms with van der Waals surface area (Å²) in [6.45, 7) is 2.22. The van der Waals surface area contributed by atoms with Gasteiger partial charge in [0.25, 0.3) is 0 Å². The Labute approximate surface area is 96.1 Å². The van der Waals surface area contributed by atoms with Gasteiger partial charge >= 0.3 is 5.97 Å². The van der Waals surface area contributed by atoms with Gasteiger partial charge in [-0.3, -0.25) is 9.59 Å². The first-order valence-corrected chi connectivity index (χ1v) is 5.57. The smallest absolute Gasteiger partial charge is 0.303 e. The molecule has 1 amide bonds. The van der Waals surface area contributed by atoms with Crippen molar-refractivity contribution < 1.29 is 19.8 Å². The van der Waals surface area contributed by atoms with Crippen LogP contribution in [0.15, 0.2) is 0 Å². The van der Waals surface area contributed by atoms with Gasteiger partial charge in [-0.15, -0.1) is 0 Å². The quantitative estimate of drug-likeness (QED) is 0.607. The second kappa shape index (κ2) is 8.10. The van der Waals surface area contributed by atoms with E-state index in [4.69, 9.17) is 10.2 Å². The molecule has 0 saturated carbocycles. The molecule has 0 radical (unpaired) electrons. The summed E-state index contributed by atoms with van der Waals surface area (Å²) >= 11 is 0. The fourth-order valence-corrected chi connectivity index (χ4v) is 1.25. The van der Waals surface area contributed by atoms with E-state index in [1.54, 1.807) is 18.9 Å². The van der Waals surface area contributed by atoms with Crippen molar-refractivity contribution >= 4 is 11.9 Å². The normalized spacial score (nSPS) is 12.2. The average Bonchev–Trinajstić information content (AvgIpc) is 2.20. The van der Waals surface area contributed by atoms with Crippen molar-refractivity contribution in [1.82, 2.24) is 4.90 Å². The number of carbonyl (C=O) groups excluding carboxylic acids is 1. The average molecular weight is 231 g/mol. The summed E-state index contributed by atoms with van der Waals surface area (Å²) in [7, 11) is 1.70. The van der Waals surface area contributed by atoms with Crippen LogP contribution in [-0.2, 0) is 9.59 Å². The first-order chi connectivity index (χ1) is 7.43. The van der Waals surface area contributed by atoms with E-state index in [9.17, 15) is 9.59 Å². The Bertz CT molecular complexity index is 228. The molecule has 94 valence electrons. The van der Waals surface area contributed by atoms with Crippen molar-refractivity contribution in [3.8, 4) is 0 Å². The highest BCUT2D eigenvalue weighted by Gasteiger charge is 2.09. The molecule has 0 aromatic heterocycles. The zero-order chi connectivity index (χ0) is 12.6. The van der Waals surface area contributed by atoms with Crippen molar-refractivity contribution in [1.29, 1.82) is 0 Å². The summed E-state index contributed by atoms with van der Waals surface area (Å²) in [6.07, 6.45) is 1.79. The summed E-state index contributed by atoms with van der Waals surface area (Å²) in [4.78, 5) is 23.3. The maximum Gasteiger partial charge on any atom is 0.303 e. The SMILES string of the molecule is CC(O)CCN(C)C(=O)CCCCC(=O)O. The van der Waals surface area contributed by atoms with E-state index in [-0.39, 0.29) is 12.3 Å². The number of nitrogens with zero attached hydrogens (tertiary/aromatic N) is 1. The Kier molecular flexibility index (Phi) is 7.54. The topological polar surface area (TPSA) is 77.8 Å². The molecule has 0 rings (SSSR count). The number of hydrogen-bond acceptors (Lipinski definition) is 3. The third kappa shape index (κ3) is 8.23. The molecule has 2 N–H and O–H groups in total. The number of hydrogen-bond donors (Lipinski definition) is 2. The molecule has 0 aliphatic carbocycles. The summed E-state index contributed by atoms with van der Waals surface area (Å²) in [5, 5.41) is 17.5. The molecule has 1 unspecified atom stereocenters. The Balaban J connectivity index is 3.59. The second-order valence-corrected chi connectivity index (χ2v) is 4.05. The van der Waals surface area contributed by atoms with Crippen LogP contribution in [-0.4, -0.2) is 46.7 Å². The van der Waals surface area contributed by atoms with Gasteiger partial charge in [-0.05, 0) is 26.2 Å². The molecule has 0 fully saturated rings. The zero-order valence-electron chi connectivity index (χ0n) is 9.98. The number of aliphatic carboxylic acids is 1. The minimum absolute atomic E-state index is 0.00559. The molecule has 0 spiro atoms. The Morgan fingerprint density at radius 1 is 1.25 bits per heavy atom. The van der Waals surface area contributed by atoms with Gasteiger partial charge in [0, 0.05) is 26.4 Å². The minimum Gasteiger partial charge on any atom is -0.481 e. The van der Waals surface area contributed by atoms with Crippen LogP contribution in [0.1, 0.15) is 39.0 Å². The van der Waals surface area contributed by atoms with Crippen molar-refractivity contribution in [3.05, 3.63) is 0 Å². The molecule has 0 aliphatic heterocycles. The lowest BCUT2D eigenvalue weighted by molar-refractivity contribution is -0.137. The highest BCUT2D eigenvalue weighted by Crippen LogP contribution is 2.03. The van der Waals surface area contributed by atoms with Gasteiger partial charge < -0.3 is 15.1 Å². The molecule has 1 atom stereocenters. The number of carbonyl (C=O) groups is 2. The predicted octanol–water partition coefficient (Wildman–Crippen LogP) is 0.861. The van der Waals surface area contributed by atoms with Gasteiger partial charge in [0.05, 0.1) is 6.10 Å². The lowest BCUT2D eigenvalue weighted by Gasteiger charge is -2.17. The number of rotatable bonds is 8. The molecule has 0 saturated heterocycles. The van der Waals surface area contributed by atoms with E-state index in [1.807, 2.05) is 0 Å². The van der Waals surface area contributed by atoms with Gasteiger partial charge in [0.1, 0.15) is 0 Å². The highest BCUT2D eigenvalue weighted by atomic mass is 16.4. The van der Waals surface area contributed by atoms with E-state index in [1.165, 1.54) is 0 Å². The maximum atomic E-state index is 11.5. The largest absolute Gasteiger partial charge is 0.481 e. The van der Waals surface area contributed by atoms with Gasteiger partial charge in [-0.25, -0.2) is 0 Å². The van der Waals surface area contributed by atoms with E-state index in [0.717, 1.165) is 0 Å².